The lowest BCUT2D eigenvalue weighted by Gasteiger charge is -2.19. The second-order valence-corrected chi connectivity index (χ2v) is 6.60. The lowest BCUT2D eigenvalue weighted by Crippen LogP contribution is -2.32. The maximum atomic E-state index is 12.2. The molecule has 1 atom stereocenters. The Kier molecular flexibility index (Phi) is 5.44. The molecule has 4 heteroatoms. The predicted octanol–water partition coefficient (Wildman–Crippen LogP) is 4.67. The summed E-state index contributed by atoms with van der Waals surface area (Å²) < 4.78 is 1.14. The van der Waals surface area contributed by atoms with E-state index in [4.69, 9.17) is 11.6 Å². The number of nitrogens with one attached hydrogen (secondary N) is 1. The summed E-state index contributed by atoms with van der Waals surface area (Å²) in [6.07, 6.45) is 2.09. The van der Waals surface area contributed by atoms with Gasteiger partial charge in [0, 0.05) is 11.2 Å². The van der Waals surface area contributed by atoms with E-state index in [1.807, 2.05) is 30.3 Å². The highest BCUT2D eigenvalue weighted by atomic mass is 35.5. The molecular formula is C16H20ClNOS. The molecule has 0 radical (unpaired) electrons. The van der Waals surface area contributed by atoms with E-state index in [2.05, 4.69) is 19.2 Å². The zero-order valence-electron chi connectivity index (χ0n) is 11.9. The molecule has 108 valence electrons. The lowest BCUT2D eigenvalue weighted by atomic mass is 9.99. The summed E-state index contributed by atoms with van der Waals surface area (Å²) in [7, 11) is 0. The van der Waals surface area contributed by atoms with Gasteiger partial charge in [0.15, 0.2) is 0 Å². The van der Waals surface area contributed by atoms with Crippen LogP contribution in [0.5, 0.6) is 0 Å². The summed E-state index contributed by atoms with van der Waals surface area (Å²) in [4.78, 5) is 12.9. The van der Waals surface area contributed by atoms with Gasteiger partial charge in [-0.15, -0.1) is 22.9 Å². The van der Waals surface area contributed by atoms with Crippen molar-refractivity contribution in [1.29, 1.82) is 0 Å². The molecule has 0 spiro atoms. The summed E-state index contributed by atoms with van der Waals surface area (Å²) in [6.45, 7) is 4.80. The van der Waals surface area contributed by atoms with Crippen molar-refractivity contribution in [3.05, 3.63) is 35.2 Å². The predicted molar refractivity (Wildman–Crippen MR) is 87.9 cm³/mol. The van der Waals surface area contributed by atoms with Gasteiger partial charge in [-0.3, -0.25) is 4.79 Å². The van der Waals surface area contributed by atoms with E-state index >= 15 is 0 Å². The van der Waals surface area contributed by atoms with E-state index in [-0.39, 0.29) is 11.3 Å². The average Bonchev–Trinajstić information content (AvgIpc) is 2.90. The van der Waals surface area contributed by atoms with E-state index in [9.17, 15) is 4.79 Å². The first-order chi connectivity index (χ1) is 9.65. The second kappa shape index (κ2) is 7.09. The molecule has 1 heterocycles. The van der Waals surface area contributed by atoms with Crippen LogP contribution >= 0.6 is 22.9 Å². The van der Waals surface area contributed by atoms with Crippen LogP contribution in [0.25, 0.3) is 10.1 Å². The third-order valence-electron chi connectivity index (χ3n) is 3.67. The number of amides is 1. The number of carbonyl (C=O) groups excluding carboxylic acids is 1. The Hall–Kier alpha value is -1.06. The van der Waals surface area contributed by atoms with Gasteiger partial charge in [0.2, 0.25) is 0 Å². The topological polar surface area (TPSA) is 29.1 Å². The van der Waals surface area contributed by atoms with Crippen LogP contribution in [0.4, 0.5) is 0 Å². The number of hydrogen-bond acceptors (Lipinski definition) is 2. The van der Waals surface area contributed by atoms with Crippen LogP contribution in [0, 0.1) is 5.92 Å². The number of halogens is 1. The molecule has 0 saturated heterocycles. The number of benzene rings is 1. The van der Waals surface area contributed by atoms with Crippen LogP contribution < -0.4 is 5.32 Å². The first-order valence-corrected chi connectivity index (χ1v) is 8.31. The molecule has 0 aliphatic heterocycles. The van der Waals surface area contributed by atoms with Crippen LogP contribution in [0.3, 0.4) is 0 Å². The van der Waals surface area contributed by atoms with Gasteiger partial charge in [-0.1, -0.05) is 44.9 Å². The largest absolute Gasteiger partial charge is 0.350 e. The Morgan fingerprint density at radius 2 is 2.00 bits per heavy atom. The van der Waals surface area contributed by atoms with Crippen molar-refractivity contribution in [2.45, 2.75) is 32.1 Å². The number of thiophene rings is 1. The Morgan fingerprint density at radius 1 is 1.30 bits per heavy atom. The fourth-order valence-electron chi connectivity index (χ4n) is 2.34. The molecule has 1 N–H and O–H groups in total. The minimum absolute atomic E-state index is 0.00308. The molecule has 20 heavy (non-hydrogen) atoms. The SMILES string of the molecule is CCC(CC)C(Cl)CNC(=O)c1cc2ccccc2s1. The highest BCUT2D eigenvalue weighted by molar-refractivity contribution is 7.20. The van der Waals surface area contributed by atoms with Crippen molar-refractivity contribution in [2.24, 2.45) is 5.92 Å². The van der Waals surface area contributed by atoms with Crippen LogP contribution in [-0.2, 0) is 0 Å². The maximum Gasteiger partial charge on any atom is 0.261 e. The lowest BCUT2D eigenvalue weighted by molar-refractivity contribution is 0.0955. The average molecular weight is 310 g/mol. The first-order valence-electron chi connectivity index (χ1n) is 7.06. The summed E-state index contributed by atoms with van der Waals surface area (Å²) in [5.41, 5.74) is 0. The Balaban J connectivity index is 1.98. The van der Waals surface area contributed by atoms with Crippen LogP contribution in [0.1, 0.15) is 36.4 Å². The van der Waals surface area contributed by atoms with Crippen molar-refractivity contribution < 1.29 is 4.79 Å². The van der Waals surface area contributed by atoms with Crippen LogP contribution in [0.2, 0.25) is 0 Å². The number of carbonyl (C=O) groups is 1. The summed E-state index contributed by atoms with van der Waals surface area (Å²) in [6, 6.07) is 9.97. The van der Waals surface area contributed by atoms with Crippen LogP contribution in [0.15, 0.2) is 30.3 Å². The number of fused-ring (bicyclic) bond motifs is 1. The van der Waals surface area contributed by atoms with Crippen molar-refractivity contribution >= 4 is 38.9 Å². The van der Waals surface area contributed by atoms with E-state index in [1.165, 1.54) is 11.3 Å². The molecule has 0 saturated carbocycles. The van der Waals surface area contributed by atoms with Gasteiger partial charge in [0.25, 0.3) is 5.91 Å². The smallest absolute Gasteiger partial charge is 0.261 e. The zero-order chi connectivity index (χ0) is 14.5. The summed E-state index contributed by atoms with van der Waals surface area (Å²) in [5.74, 6) is 0.433. The highest BCUT2D eigenvalue weighted by Gasteiger charge is 2.17. The fraction of sp³-hybridized carbons (Fsp3) is 0.438. The van der Waals surface area contributed by atoms with Crippen molar-refractivity contribution in [2.75, 3.05) is 6.54 Å². The fourth-order valence-corrected chi connectivity index (χ4v) is 3.75. The summed E-state index contributed by atoms with van der Waals surface area (Å²) in [5, 5.41) is 4.07. The molecule has 1 unspecified atom stereocenters. The Morgan fingerprint density at radius 3 is 2.65 bits per heavy atom. The molecule has 1 amide bonds. The minimum Gasteiger partial charge on any atom is -0.350 e. The molecule has 1 aromatic heterocycles. The van der Waals surface area contributed by atoms with Crippen molar-refractivity contribution in [3.8, 4) is 0 Å². The standard InChI is InChI=1S/C16H20ClNOS/c1-3-11(4-2)13(17)10-18-16(19)15-9-12-7-5-6-8-14(12)20-15/h5-9,11,13H,3-4,10H2,1-2H3,(H,18,19). The molecule has 2 rings (SSSR count). The van der Waals surface area contributed by atoms with Crippen LogP contribution in [-0.4, -0.2) is 17.8 Å². The number of hydrogen-bond donors (Lipinski definition) is 1. The first kappa shape index (κ1) is 15.3. The van der Waals surface area contributed by atoms with Gasteiger partial charge in [0.1, 0.15) is 0 Å². The molecule has 1 aromatic carbocycles. The zero-order valence-corrected chi connectivity index (χ0v) is 13.4. The van der Waals surface area contributed by atoms with Gasteiger partial charge in [-0.05, 0) is 23.4 Å². The Bertz CT molecular complexity index is 544. The molecule has 2 aromatic rings. The van der Waals surface area contributed by atoms with Gasteiger partial charge < -0.3 is 5.32 Å². The Labute approximate surface area is 129 Å². The second-order valence-electron chi connectivity index (χ2n) is 4.95. The quantitative estimate of drug-likeness (QED) is 0.772. The molecular weight excluding hydrogens is 290 g/mol. The maximum absolute atomic E-state index is 12.2. The highest BCUT2D eigenvalue weighted by Crippen LogP contribution is 2.25. The molecule has 0 fully saturated rings. The normalized spacial score (nSPS) is 12.8. The van der Waals surface area contributed by atoms with E-state index < -0.39 is 0 Å². The molecule has 0 aliphatic carbocycles. The minimum atomic E-state index is -0.0252. The number of alkyl halides is 1. The van der Waals surface area contributed by atoms with E-state index in [0.29, 0.717) is 12.5 Å². The monoisotopic (exact) mass is 309 g/mol. The van der Waals surface area contributed by atoms with Gasteiger partial charge >= 0.3 is 0 Å². The molecule has 0 bridgehead atoms. The third kappa shape index (κ3) is 3.53. The van der Waals surface area contributed by atoms with Gasteiger partial charge in [-0.2, -0.15) is 0 Å². The van der Waals surface area contributed by atoms with E-state index in [1.54, 1.807) is 0 Å². The molecule has 2 nitrogen and oxygen atoms in total. The van der Waals surface area contributed by atoms with Gasteiger partial charge in [0.05, 0.1) is 10.3 Å². The number of rotatable bonds is 6. The van der Waals surface area contributed by atoms with E-state index in [0.717, 1.165) is 27.8 Å². The third-order valence-corrected chi connectivity index (χ3v) is 5.29. The van der Waals surface area contributed by atoms with Crippen molar-refractivity contribution in [1.82, 2.24) is 5.32 Å². The summed E-state index contributed by atoms with van der Waals surface area (Å²) >= 11 is 7.87. The molecule has 0 aliphatic rings. The van der Waals surface area contributed by atoms with Gasteiger partial charge in [-0.25, -0.2) is 0 Å². The van der Waals surface area contributed by atoms with Crippen molar-refractivity contribution in [3.63, 3.8) is 0 Å².